The van der Waals surface area contributed by atoms with E-state index >= 15 is 0 Å². The molecule has 0 spiro atoms. The molecule has 11 heavy (non-hydrogen) atoms. The molecule has 0 aliphatic carbocycles. The molecule has 1 nitrogen and oxygen atoms in total. The van der Waals surface area contributed by atoms with Gasteiger partial charge in [-0.25, -0.2) is 0 Å². The molecule has 0 amide bonds. The summed E-state index contributed by atoms with van der Waals surface area (Å²) in [6.07, 6.45) is 4.23. The fraction of sp³-hybridized carbons (Fsp3) is 0.700. The number of rotatable bonds is 4. The zero-order valence-corrected chi connectivity index (χ0v) is 7.98. The minimum absolute atomic E-state index is 0.189. The SMILES string of the molecule is CC(=O)/C(C)=C\CCC(C)C. The predicted octanol–water partition coefficient (Wildman–Crippen LogP) is 2.96. The van der Waals surface area contributed by atoms with Crippen LogP contribution in [0, 0.1) is 5.92 Å². The summed E-state index contributed by atoms with van der Waals surface area (Å²) in [4.78, 5) is 10.8. The van der Waals surface area contributed by atoms with Crippen molar-refractivity contribution in [2.75, 3.05) is 0 Å². The van der Waals surface area contributed by atoms with Crippen LogP contribution in [-0.2, 0) is 4.79 Å². The van der Waals surface area contributed by atoms with Crippen LogP contribution >= 0.6 is 0 Å². The predicted molar refractivity (Wildman–Crippen MR) is 48.5 cm³/mol. The van der Waals surface area contributed by atoms with Gasteiger partial charge >= 0.3 is 0 Å². The van der Waals surface area contributed by atoms with Crippen LogP contribution in [0.15, 0.2) is 11.6 Å². The molecule has 0 unspecified atom stereocenters. The van der Waals surface area contributed by atoms with Crippen molar-refractivity contribution in [2.24, 2.45) is 5.92 Å². The van der Waals surface area contributed by atoms with Gasteiger partial charge in [-0.2, -0.15) is 0 Å². The summed E-state index contributed by atoms with van der Waals surface area (Å²) < 4.78 is 0. The van der Waals surface area contributed by atoms with E-state index in [1.54, 1.807) is 6.92 Å². The van der Waals surface area contributed by atoms with Crippen molar-refractivity contribution in [3.05, 3.63) is 11.6 Å². The number of Topliss-reactive ketones (excluding diaryl/α,β-unsaturated/α-hetero) is 1. The van der Waals surface area contributed by atoms with Gasteiger partial charge in [-0.15, -0.1) is 0 Å². The van der Waals surface area contributed by atoms with Crippen molar-refractivity contribution in [1.82, 2.24) is 0 Å². The second-order valence-electron chi connectivity index (χ2n) is 3.41. The van der Waals surface area contributed by atoms with Gasteiger partial charge in [0.1, 0.15) is 0 Å². The van der Waals surface area contributed by atoms with Gasteiger partial charge < -0.3 is 0 Å². The molecule has 0 rings (SSSR count). The number of allylic oxidation sites excluding steroid dienone is 2. The van der Waals surface area contributed by atoms with E-state index in [0.29, 0.717) is 0 Å². The molecule has 0 aliphatic heterocycles. The first-order valence-electron chi connectivity index (χ1n) is 4.21. The summed E-state index contributed by atoms with van der Waals surface area (Å²) in [5.74, 6) is 0.916. The average Bonchev–Trinajstić information content (AvgIpc) is 1.86. The quantitative estimate of drug-likeness (QED) is 0.569. The summed E-state index contributed by atoms with van der Waals surface area (Å²) >= 11 is 0. The molecule has 0 aromatic carbocycles. The Morgan fingerprint density at radius 1 is 1.36 bits per heavy atom. The highest BCUT2D eigenvalue weighted by molar-refractivity contribution is 5.92. The van der Waals surface area contributed by atoms with Gasteiger partial charge in [-0.1, -0.05) is 19.9 Å². The Balaban J connectivity index is 3.65. The van der Waals surface area contributed by atoms with Crippen molar-refractivity contribution in [2.45, 2.75) is 40.5 Å². The number of carbonyl (C=O) groups is 1. The fourth-order valence-electron chi connectivity index (χ4n) is 0.777. The molecule has 0 N–H and O–H groups in total. The van der Waals surface area contributed by atoms with Crippen LogP contribution < -0.4 is 0 Å². The normalized spacial score (nSPS) is 12.3. The summed E-state index contributed by atoms with van der Waals surface area (Å²) in [7, 11) is 0. The smallest absolute Gasteiger partial charge is 0.155 e. The third-order valence-electron chi connectivity index (χ3n) is 1.75. The van der Waals surface area contributed by atoms with Gasteiger partial charge in [-0.3, -0.25) is 4.79 Å². The topological polar surface area (TPSA) is 17.1 Å². The van der Waals surface area contributed by atoms with Crippen LogP contribution in [-0.4, -0.2) is 5.78 Å². The first-order chi connectivity index (χ1) is 5.04. The summed E-state index contributed by atoms with van der Waals surface area (Å²) in [6.45, 7) is 7.87. The highest BCUT2D eigenvalue weighted by Gasteiger charge is 1.95. The Morgan fingerprint density at radius 3 is 2.27 bits per heavy atom. The second kappa shape index (κ2) is 5.11. The number of hydrogen-bond donors (Lipinski definition) is 0. The van der Waals surface area contributed by atoms with Crippen LogP contribution in [0.3, 0.4) is 0 Å². The highest BCUT2D eigenvalue weighted by Crippen LogP contribution is 2.06. The van der Waals surface area contributed by atoms with Crippen LogP contribution in [0.5, 0.6) is 0 Å². The molecule has 0 aromatic heterocycles. The molecule has 0 radical (unpaired) electrons. The first-order valence-corrected chi connectivity index (χ1v) is 4.21. The fourth-order valence-corrected chi connectivity index (χ4v) is 0.777. The third-order valence-corrected chi connectivity index (χ3v) is 1.75. The van der Waals surface area contributed by atoms with Crippen LogP contribution in [0.25, 0.3) is 0 Å². The molecule has 0 aromatic rings. The molecule has 0 aliphatic rings. The Kier molecular flexibility index (Phi) is 4.84. The lowest BCUT2D eigenvalue weighted by atomic mass is 10.1. The number of carbonyl (C=O) groups excluding carboxylic acids is 1. The monoisotopic (exact) mass is 154 g/mol. The van der Waals surface area contributed by atoms with E-state index in [1.165, 1.54) is 6.42 Å². The summed E-state index contributed by atoms with van der Waals surface area (Å²) in [6, 6.07) is 0. The molecule has 0 fully saturated rings. The molecule has 0 saturated carbocycles. The Labute approximate surface area is 69.5 Å². The van der Waals surface area contributed by atoms with Crippen molar-refractivity contribution in [3.63, 3.8) is 0 Å². The van der Waals surface area contributed by atoms with E-state index < -0.39 is 0 Å². The summed E-state index contributed by atoms with van der Waals surface area (Å²) in [5, 5.41) is 0. The molecule has 1 heteroatoms. The van der Waals surface area contributed by atoms with Crippen molar-refractivity contribution in [3.8, 4) is 0 Å². The van der Waals surface area contributed by atoms with Gasteiger partial charge in [0.05, 0.1) is 0 Å². The lowest BCUT2D eigenvalue weighted by molar-refractivity contribution is -0.113. The molecule has 64 valence electrons. The molecule has 0 saturated heterocycles. The van der Waals surface area contributed by atoms with Crippen molar-refractivity contribution < 1.29 is 4.79 Å². The minimum atomic E-state index is 0.189. The number of ketones is 1. The van der Waals surface area contributed by atoms with Gasteiger partial charge in [0.25, 0.3) is 0 Å². The van der Waals surface area contributed by atoms with E-state index in [0.717, 1.165) is 17.9 Å². The minimum Gasteiger partial charge on any atom is -0.295 e. The standard InChI is InChI=1S/C10H18O/c1-8(2)6-5-7-9(3)10(4)11/h7-8H,5-6H2,1-4H3/b9-7-. The molecule has 0 atom stereocenters. The Morgan fingerprint density at radius 2 is 1.91 bits per heavy atom. The van der Waals surface area contributed by atoms with E-state index in [-0.39, 0.29) is 5.78 Å². The van der Waals surface area contributed by atoms with Crippen LogP contribution in [0.2, 0.25) is 0 Å². The molecular weight excluding hydrogens is 136 g/mol. The molecular formula is C10H18O. The maximum Gasteiger partial charge on any atom is 0.155 e. The maximum atomic E-state index is 10.8. The van der Waals surface area contributed by atoms with Gasteiger partial charge in [0, 0.05) is 0 Å². The summed E-state index contributed by atoms with van der Waals surface area (Å²) in [5.41, 5.74) is 0.894. The number of hydrogen-bond acceptors (Lipinski definition) is 1. The van der Waals surface area contributed by atoms with Crippen molar-refractivity contribution >= 4 is 5.78 Å². The van der Waals surface area contributed by atoms with Crippen LogP contribution in [0.4, 0.5) is 0 Å². The van der Waals surface area contributed by atoms with E-state index in [4.69, 9.17) is 0 Å². The van der Waals surface area contributed by atoms with Gasteiger partial charge in [0.15, 0.2) is 5.78 Å². The lowest BCUT2D eigenvalue weighted by Crippen LogP contribution is -1.92. The molecule has 0 heterocycles. The third kappa shape index (κ3) is 5.84. The zero-order valence-electron chi connectivity index (χ0n) is 7.98. The molecule has 0 bridgehead atoms. The average molecular weight is 154 g/mol. The maximum absolute atomic E-state index is 10.8. The highest BCUT2D eigenvalue weighted by atomic mass is 16.1. The Hall–Kier alpha value is -0.590. The van der Waals surface area contributed by atoms with Crippen LogP contribution in [0.1, 0.15) is 40.5 Å². The largest absolute Gasteiger partial charge is 0.295 e. The van der Waals surface area contributed by atoms with E-state index in [9.17, 15) is 4.79 Å². The van der Waals surface area contributed by atoms with Gasteiger partial charge in [-0.05, 0) is 38.2 Å². The van der Waals surface area contributed by atoms with E-state index in [2.05, 4.69) is 13.8 Å². The van der Waals surface area contributed by atoms with E-state index in [1.807, 2.05) is 13.0 Å². The first kappa shape index (κ1) is 10.4. The zero-order chi connectivity index (χ0) is 8.85. The van der Waals surface area contributed by atoms with Crippen molar-refractivity contribution in [1.29, 1.82) is 0 Å². The lowest BCUT2D eigenvalue weighted by Gasteiger charge is -2.00. The Bertz CT molecular complexity index is 154. The second-order valence-corrected chi connectivity index (χ2v) is 3.41. The van der Waals surface area contributed by atoms with Gasteiger partial charge in [0.2, 0.25) is 0 Å².